The normalized spacial score (nSPS) is 24.6. The molecule has 2 heterocycles. The highest BCUT2D eigenvalue weighted by molar-refractivity contribution is 5.88. The first-order valence-corrected chi connectivity index (χ1v) is 6.39. The van der Waals surface area contributed by atoms with Crippen molar-refractivity contribution in [3.05, 3.63) is 11.4 Å². The van der Waals surface area contributed by atoms with Crippen LogP contribution in [0.2, 0.25) is 0 Å². The SMILES string of the molecule is Cc1nnc(NC(=O)NC2COCC2(C)C(=O)O)nc1C. The molecule has 0 saturated carbocycles. The first-order chi connectivity index (χ1) is 9.83. The fourth-order valence-electron chi connectivity index (χ4n) is 1.89. The zero-order valence-corrected chi connectivity index (χ0v) is 12.0. The van der Waals surface area contributed by atoms with Crippen molar-refractivity contribution in [1.29, 1.82) is 0 Å². The van der Waals surface area contributed by atoms with Crippen LogP contribution in [0.15, 0.2) is 0 Å². The van der Waals surface area contributed by atoms with Crippen molar-refractivity contribution in [1.82, 2.24) is 20.5 Å². The summed E-state index contributed by atoms with van der Waals surface area (Å²) in [5.74, 6) is -0.957. The van der Waals surface area contributed by atoms with E-state index in [1.807, 2.05) is 0 Å². The molecule has 21 heavy (non-hydrogen) atoms. The van der Waals surface area contributed by atoms with E-state index in [1.165, 1.54) is 6.92 Å². The number of nitrogens with one attached hydrogen (secondary N) is 2. The van der Waals surface area contributed by atoms with E-state index in [0.29, 0.717) is 11.4 Å². The van der Waals surface area contributed by atoms with Gasteiger partial charge < -0.3 is 15.2 Å². The molecule has 0 aromatic carbocycles. The Hall–Kier alpha value is -2.29. The summed E-state index contributed by atoms with van der Waals surface area (Å²) in [6.07, 6.45) is 0. The summed E-state index contributed by atoms with van der Waals surface area (Å²) in [4.78, 5) is 27.2. The van der Waals surface area contributed by atoms with Gasteiger partial charge in [-0.1, -0.05) is 0 Å². The van der Waals surface area contributed by atoms with Gasteiger partial charge in [-0.2, -0.15) is 5.10 Å². The van der Waals surface area contributed by atoms with Gasteiger partial charge in [-0.25, -0.2) is 9.78 Å². The zero-order valence-electron chi connectivity index (χ0n) is 12.0. The number of anilines is 1. The molecule has 2 atom stereocenters. The average molecular weight is 295 g/mol. The first-order valence-electron chi connectivity index (χ1n) is 6.39. The van der Waals surface area contributed by atoms with Crippen molar-refractivity contribution in [2.45, 2.75) is 26.8 Å². The van der Waals surface area contributed by atoms with E-state index < -0.39 is 23.5 Å². The lowest BCUT2D eigenvalue weighted by Gasteiger charge is -2.25. The third kappa shape index (κ3) is 3.07. The van der Waals surface area contributed by atoms with Crippen LogP contribution in [0, 0.1) is 19.3 Å². The van der Waals surface area contributed by atoms with Crippen LogP contribution < -0.4 is 10.6 Å². The van der Waals surface area contributed by atoms with E-state index in [-0.39, 0.29) is 19.2 Å². The van der Waals surface area contributed by atoms with E-state index in [2.05, 4.69) is 25.8 Å². The number of hydrogen-bond acceptors (Lipinski definition) is 6. The number of carboxylic acid groups (broad SMARTS) is 1. The van der Waals surface area contributed by atoms with Crippen LogP contribution in [0.1, 0.15) is 18.3 Å². The van der Waals surface area contributed by atoms with Gasteiger partial charge in [0.05, 0.1) is 30.6 Å². The van der Waals surface area contributed by atoms with E-state index in [0.717, 1.165) is 0 Å². The second-order valence-electron chi connectivity index (χ2n) is 5.20. The van der Waals surface area contributed by atoms with Crippen LogP contribution in [0.5, 0.6) is 0 Å². The van der Waals surface area contributed by atoms with Crippen molar-refractivity contribution in [2.24, 2.45) is 5.41 Å². The van der Waals surface area contributed by atoms with Gasteiger partial charge in [0.25, 0.3) is 5.95 Å². The molecular formula is C12H17N5O4. The molecule has 0 spiro atoms. The van der Waals surface area contributed by atoms with Gasteiger partial charge in [0.15, 0.2) is 0 Å². The number of aromatic nitrogens is 3. The predicted molar refractivity (Wildman–Crippen MR) is 71.8 cm³/mol. The van der Waals surface area contributed by atoms with Crippen LogP contribution in [0.3, 0.4) is 0 Å². The summed E-state index contributed by atoms with van der Waals surface area (Å²) >= 11 is 0. The molecule has 1 saturated heterocycles. The standard InChI is InChI=1S/C12H17N5O4/c1-6-7(2)16-17-10(13-6)15-11(20)14-8-4-21-5-12(8,3)9(18)19/h8H,4-5H2,1-3H3,(H,18,19)(H2,13,14,15,17,20). The summed E-state index contributed by atoms with van der Waals surface area (Å²) in [6.45, 7) is 5.23. The Labute approximate surface area is 121 Å². The Balaban J connectivity index is 2.01. The zero-order chi connectivity index (χ0) is 15.6. The Kier molecular flexibility index (Phi) is 4.03. The number of aliphatic carboxylic acids is 1. The third-order valence-corrected chi connectivity index (χ3v) is 3.57. The Morgan fingerprint density at radius 1 is 1.33 bits per heavy atom. The molecule has 9 nitrogen and oxygen atoms in total. The number of amides is 2. The molecule has 9 heteroatoms. The summed E-state index contributed by atoms with van der Waals surface area (Å²) in [6, 6.07) is -1.22. The number of rotatable bonds is 3. The minimum atomic E-state index is -1.15. The Morgan fingerprint density at radius 3 is 2.67 bits per heavy atom. The monoisotopic (exact) mass is 295 g/mol. The van der Waals surface area contributed by atoms with Gasteiger partial charge >= 0.3 is 12.0 Å². The van der Waals surface area contributed by atoms with Gasteiger partial charge in [-0.3, -0.25) is 10.1 Å². The largest absolute Gasteiger partial charge is 0.481 e. The molecule has 0 bridgehead atoms. The van der Waals surface area contributed by atoms with Crippen molar-refractivity contribution < 1.29 is 19.4 Å². The lowest BCUT2D eigenvalue weighted by atomic mass is 9.85. The van der Waals surface area contributed by atoms with Crippen LogP contribution in [-0.2, 0) is 9.53 Å². The van der Waals surface area contributed by atoms with E-state index in [4.69, 9.17) is 4.74 Å². The van der Waals surface area contributed by atoms with Crippen LogP contribution in [-0.4, -0.2) is 51.5 Å². The Bertz CT molecular complexity index is 579. The Morgan fingerprint density at radius 2 is 2.05 bits per heavy atom. The summed E-state index contributed by atoms with van der Waals surface area (Å²) in [5, 5.41) is 21.8. The minimum Gasteiger partial charge on any atom is -0.481 e. The molecule has 2 rings (SSSR count). The molecule has 114 valence electrons. The van der Waals surface area contributed by atoms with Gasteiger partial charge in [-0.15, -0.1) is 5.10 Å². The maximum Gasteiger partial charge on any atom is 0.321 e. The van der Waals surface area contributed by atoms with Crippen LogP contribution in [0.4, 0.5) is 10.7 Å². The minimum absolute atomic E-state index is 0.0506. The maximum atomic E-state index is 11.9. The van der Waals surface area contributed by atoms with Crippen molar-refractivity contribution in [3.8, 4) is 0 Å². The van der Waals surface area contributed by atoms with Crippen molar-refractivity contribution in [3.63, 3.8) is 0 Å². The quantitative estimate of drug-likeness (QED) is 0.721. The lowest BCUT2D eigenvalue weighted by Crippen LogP contribution is -2.51. The summed E-state index contributed by atoms with van der Waals surface area (Å²) in [7, 11) is 0. The molecule has 0 radical (unpaired) electrons. The van der Waals surface area contributed by atoms with Gasteiger partial charge in [0.2, 0.25) is 0 Å². The van der Waals surface area contributed by atoms with Gasteiger partial charge in [0.1, 0.15) is 5.41 Å². The molecule has 2 unspecified atom stereocenters. The number of carbonyl (C=O) groups excluding carboxylic acids is 1. The number of carboxylic acids is 1. The highest BCUT2D eigenvalue weighted by atomic mass is 16.5. The van der Waals surface area contributed by atoms with Gasteiger partial charge in [-0.05, 0) is 20.8 Å². The van der Waals surface area contributed by atoms with Crippen molar-refractivity contribution >= 4 is 17.9 Å². The smallest absolute Gasteiger partial charge is 0.321 e. The second-order valence-corrected chi connectivity index (χ2v) is 5.20. The average Bonchev–Trinajstić information content (AvgIpc) is 2.77. The highest BCUT2D eigenvalue weighted by Crippen LogP contribution is 2.28. The number of urea groups is 1. The summed E-state index contributed by atoms with van der Waals surface area (Å²) < 4.78 is 5.15. The lowest BCUT2D eigenvalue weighted by molar-refractivity contribution is -0.148. The fraction of sp³-hybridized carbons (Fsp3) is 0.583. The van der Waals surface area contributed by atoms with Gasteiger partial charge in [0, 0.05) is 0 Å². The number of nitrogens with zero attached hydrogens (tertiary/aromatic N) is 3. The number of aryl methyl sites for hydroxylation is 2. The maximum absolute atomic E-state index is 11.9. The number of hydrogen-bond donors (Lipinski definition) is 3. The fourth-order valence-corrected chi connectivity index (χ4v) is 1.89. The molecule has 1 aliphatic heterocycles. The number of carbonyl (C=O) groups is 2. The first kappa shape index (κ1) is 15.1. The molecular weight excluding hydrogens is 278 g/mol. The molecule has 0 aliphatic carbocycles. The highest BCUT2D eigenvalue weighted by Gasteiger charge is 2.47. The van der Waals surface area contributed by atoms with E-state index in [1.54, 1.807) is 13.8 Å². The second kappa shape index (κ2) is 5.60. The van der Waals surface area contributed by atoms with Crippen LogP contribution in [0.25, 0.3) is 0 Å². The van der Waals surface area contributed by atoms with Crippen LogP contribution >= 0.6 is 0 Å². The molecule has 2 amide bonds. The third-order valence-electron chi connectivity index (χ3n) is 3.57. The predicted octanol–water partition coefficient (Wildman–Crippen LogP) is 0.0996. The topological polar surface area (TPSA) is 126 Å². The molecule has 3 N–H and O–H groups in total. The van der Waals surface area contributed by atoms with E-state index in [9.17, 15) is 14.7 Å². The molecule has 1 aromatic heterocycles. The molecule has 1 aromatic rings. The van der Waals surface area contributed by atoms with Crippen molar-refractivity contribution in [2.75, 3.05) is 18.5 Å². The molecule has 1 fully saturated rings. The summed E-state index contributed by atoms with van der Waals surface area (Å²) in [5.41, 5.74) is 0.170. The van der Waals surface area contributed by atoms with E-state index >= 15 is 0 Å². The molecule has 1 aliphatic rings. The number of ether oxygens (including phenoxy) is 1.